The molecule has 1 aromatic carbocycles. The Labute approximate surface area is 108 Å². The summed E-state index contributed by atoms with van der Waals surface area (Å²) in [5, 5.41) is 13.8. The van der Waals surface area contributed by atoms with Crippen LogP contribution in [0.1, 0.15) is 0 Å². The first-order valence-corrected chi connectivity index (χ1v) is 5.30. The van der Waals surface area contributed by atoms with Crippen LogP contribution >= 0.6 is 0 Å². The Hall–Kier alpha value is -2.88. The quantitative estimate of drug-likeness (QED) is 0.647. The van der Waals surface area contributed by atoms with Crippen LogP contribution in [0.3, 0.4) is 0 Å². The Kier molecular flexibility index (Phi) is 3.73. The molecule has 0 aliphatic rings. The molecule has 2 rings (SSSR count). The number of hydrogen-bond donors (Lipinski definition) is 2. The average molecular weight is 259 g/mol. The van der Waals surface area contributed by atoms with Crippen LogP contribution in [-0.2, 0) is 0 Å². The molecule has 0 unspecified atom stereocenters. The third-order valence-corrected chi connectivity index (χ3v) is 2.28. The summed E-state index contributed by atoms with van der Waals surface area (Å²) in [6.07, 6.45) is 3.05. The maximum Gasteiger partial charge on any atom is 0.182 e. The Balaban J connectivity index is 2.19. The topological polar surface area (TPSA) is 82.9 Å². The van der Waals surface area contributed by atoms with Gasteiger partial charge in [0.25, 0.3) is 0 Å². The fraction of sp³-hybridized carbons (Fsp3) is 0.0833. The van der Waals surface area contributed by atoms with Crippen molar-refractivity contribution in [2.45, 2.75) is 0 Å². The third-order valence-electron chi connectivity index (χ3n) is 2.28. The van der Waals surface area contributed by atoms with Crippen LogP contribution in [0, 0.1) is 17.3 Å². The van der Waals surface area contributed by atoms with Crippen molar-refractivity contribution >= 4 is 17.3 Å². The lowest BCUT2D eigenvalue weighted by atomic mass is 10.3. The fourth-order valence-corrected chi connectivity index (χ4v) is 1.44. The van der Waals surface area contributed by atoms with E-state index in [4.69, 9.17) is 10.00 Å². The monoisotopic (exact) mass is 259 g/mol. The molecule has 0 amide bonds. The number of benzene rings is 1. The summed E-state index contributed by atoms with van der Waals surface area (Å²) in [7, 11) is 1.40. The number of rotatable bonds is 4. The lowest BCUT2D eigenvalue weighted by Crippen LogP contribution is -1.98. The van der Waals surface area contributed by atoms with E-state index in [1.54, 1.807) is 12.3 Å². The average Bonchev–Trinajstić information content (AvgIpc) is 2.40. The summed E-state index contributed by atoms with van der Waals surface area (Å²) >= 11 is 0. The first-order chi connectivity index (χ1) is 9.22. The molecule has 96 valence electrons. The lowest BCUT2D eigenvalue weighted by molar-refractivity contribution is 0.386. The van der Waals surface area contributed by atoms with Gasteiger partial charge in [-0.05, 0) is 12.1 Å². The van der Waals surface area contributed by atoms with Gasteiger partial charge in [0, 0.05) is 17.8 Å². The van der Waals surface area contributed by atoms with Crippen LogP contribution in [0.2, 0.25) is 0 Å². The second-order valence-corrected chi connectivity index (χ2v) is 3.50. The molecule has 7 heteroatoms. The smallest absolute Gasteiger partial charge is 0.182 e. The van der Waals surface area contributed by atoms with Gasteiger partial charge in [-0.2, -0.15) is 5.26 Å². The van der Waals surface area contributed by atoms with Crippen LogP contribution in [0.15, 0.2) is 30.6 Å². The van der Waals surface area contributed by atoms with E-state index in [0.29, 0.717) is 17.3 Å². The molecule has 0 saturated carbocycles. The molecular formula is C12H10FN5O. The fourth-order valence-electron chi connectivity index (χ4n) is 1.44. The highest BCUT2D eigenvalue weighted by molar-refractivity contribution is 5.60. The normalized spacial score (nSPS) is 9.53. The number of ether oxygens (including phenoxy) is 1. The maximum atomic E-state index is 13.5. The number of halogens is 1. The summed E-state index contributed by atoms with van der Waals surface area (Å²) in [6, 6.07) is 5.98. The van der Waals surface area contributed by atoms with Gasteiger partial charge in [0.1, 0.15) is 18.0 Å². The SMILES string of the molecule is COc1ccc(Nc2cc(NC#N)ncn2)cc1F. The Bertz CT molecular complexity index is 626. The van der Waals surface area contributed by atoms with Gasteiger partial charge in [-0.3, -0.25) is 5.32 Å². The van der Waals surface area contributed by atoms with Crippen molar-refractivity contribution < 1.29 is 9.13 Å². The van der Waals surface area contributed by atoms with Crippen molar-refractivity contribution in [3.05, 3.63) is 36.4 Å². The number of nitrogens with one attached hydrogen (secondary N) is 2. The van der Waals surface area contributed by atoms with Crippen LogP contribution in [-0.4, -0.2) is 17.1 Å². The van der Waals surface area contributed by atoms with Gasteiger partial charge in [0.2, 0.25) is 0 Å². The molecule has 0 spiro atoms. The zero-order chi connectivity index (χ0) is 13.7. The van der Waals surface area contributed by atoms with Crippen molar-refractivity contribution in [1.29, 1.82) is 5.26 Å². The minimum Gasteiger partial charge on any atom is -0.494 e. The van der Waals surface area contributed by atoms with Gasteiger partial charge in [-0.1, -0.05) is 0 Å². The largest absolute Gasteiger partial charge is 0.494 e. The molecule has 0 radical (unpaired) electrons. The minimum absolute atomic E-state index is 0.167. The van der Waals surface area contributed by atoms with E-state index in [0.717, 1.165) is 0 Å². The lowest BCUT2D eigenvalue weighted by Gasteiger charge is -2.08. The number of hydrogen-bond acceptors (Lipinski definition) is 6. The zero-order valence-corrected chi connectivity index (χ0v) is 10.0. The highest BCUT2D eigenvalue weighted by Gasteiger charge is 2.04. The second-order valence-electron chi connectivity index (χ2n) is 3.50. The summed E-state index contributed by atoms with van der Waals surface area (Å²) in [5.41, 5.74) is 0.514. The van der Waals surface area contributed by atoms with E-state index < -0.39 is 5.82 Å². The molecule has 2 N–H and O–H groups in total. The minimum atomic E-state index is -0.475. The van der Waals surface area contributed by atoms with Gasteiger partial charge < -0.3 is 10.1 Å². The van der Waals surface area contributed by atoms with E-state index >= 15 is 0 Å². The second kappa shape index (κ2) is 5.64. The van der Waals surface area contributed by atoms with E-state index in [2.05, 4.69) is 20.6 Å². The zero-order valence-electron chi connectivity index (χ0n) is 10.0. The Morgan fingerprint density at radius 3 is 2.74 bits per heavy atom. The van der Waals surface area contributed by atoms with Crippen molar-refractivity contribution in [2.24, 2.45) is 0 Å². The van der Waals surface area contributed by atoms with E-state index in [-0.39, 0.29) is 5.75 Å². The number of aromatic nitrogens is 2. The van der Waals surface area contributed by atoms with Gasteiger partial charge in [-0.25, -0.2) is 14.4 Å². The molecular weight excluding hydrogens is 249 g/mol. The van der Waals surface area contributed by atoms with Gasteiger partial charge in [0.15, 0.2) is 17.8 Å². The molecule has 0 saturated heterocycles. The first-order valence-electron chi connectivity index (χ1n) is 5.30. The van der Waals surface area contributed by atoms with E-state index in [9.17, 15) is 4.39 Å². The molecule has 2 aromatic rings. The molecule has 0 aliphatic heterocycles. The van der Waals surface area contributed by atoms with Crippen molar-refractivity contribution in [3.63, 3.8) is 0 Å². The van der Waals surface area contributed by atoms with Crippen LogP contribution < -0.4 is 15.4 Å². The molecule has 6 nitrogen and oxygen atoms in total. The molecule has 0 fully saturated rings. The van der Waals surface area contributed by atoms with Crippen LogP contribution in [0.4, 0.5) is 21.7 Å². The van der Waals surface area contributed by atoms with Crippen LogP contribution in [0.5, 0.6) is 5.75 Å². The summed E-state index contributed by atoms with van der Waals surface area (Å²) in [6.45, 7) is 0. The molecule has 0 aliphatic carbocycles. The van der Waals surface area contributed by atoms with E-state index in [1.165, 1.54) is 31.6 Å². The summed E-state index contributed by atoms with van der Waals surface area (Å²) in [4.78, 5) is 7.80. The molecule has 0 atom stereocenters. The number of nitriles is 1. The number of nitrogens with zero attached hydrogens (tertiary/aromatic N) is 3. The highest BCUT2D eigenvalue weighted by atomic mass is 19.1. The third kappa shape index (κ3) is 3.07. The first kappa shape index (κ1) is 12.6. The van der Waals surface area contributed by atoms with E-state index in [1.807, 2.05) is 0 Å². The van der Waals surface area contributed by atoms with Gasteiger partial charge in [0.05, 0.1) is 7.11 Å². The van der Waals surface area contributed by atoms with Crippen molar-refractivity contribution in [1.82, 2.24) is 9.97 Å². The highest BCUT2D eigenvalue weighted by Crippen LogP contribution is 2.23. The Morgan fingerprint density at radius 1 is 1.26 bits per heavy atom. The number of anilines is 3. The molecule has 19 heavy (non-hydrogen) atoms. The van der Waals surface area contributed by atoms with Gasteiger partial charge in [-0.15, -0.1) is 0 Å². The summed E-state index contributed by atoms with van der Waals surface area (Å²) < 4.78 is 18.3. The Morgan fingerprint density at radius 2 is 2.05 bits per heavy atom. The molecule has 1 heterocycles. The van der Waals surface area contributed by atoms with Crippen molar-refractivity contribution in [2.75, 3.05) is 17.7 Å². The maximum absolute atomic E-state index is 13.5. The number of methoxy groups -OCH3 is 1. The molecule has 0 bridgehead atoms. The van der Waals surface area contributed by atoms with Crippen molar-refractivity contribution in [3.8, 4) is 11.9 Å². The predicted molar refractivity (Wildman–Crippen MR) is 67.5 cm³/mol. The van der Waals surface area contributed by atoms with Gasteiger partial charge >= 0.3 is 0 Å². The standard InChI is InChI=1S/C12H10FN5O/c1-19-10-3-2-8(4-9(10)13)18-12-5-11(15-6-14)16-7-17-12/h2-5,7H,1H3,(H2,15,16,17,18). The molecule has 1 aromatic heterocycles. The summed E-state index contributed by atoms with van der Waals surface area (Å²) in [5.74, 6) is 0.489. The van der Waals surface area contributed by atoms with Crippen LogP contribution in [0.25, 0.3) is 0 Å². The predicted octanol–water partition coefficient (Wildman–Crippen LogP) is 2.26.